The van der Waals surface area contributed by atoms with Crippen molar-refractivity contribution >= 4 is 11.9 Å². The summed E-state index contributed by atoms with van der Waals surface area (Å²) in [7, 11) is 0. The standard InChI is InChI=1S/C13H19NO4/c15-12(10-6-9-3-4-11(10)18-9)14-8-2-1-7(5-8)13(16)17/h7-11H,1-6H2,(H,14,15)(H,16,17)/t7-,8+,9?,10?,11?/m0/s1. The van der Waals surface area contributed by atoms with E-state index >= 15 is 0 Å². The number of rotatable bonds is 3. The van der Waals surface area contributed by atoms with Gasteiger partial charge in [0.2, 0.25) is 5.91 Å². The average Bonchev–Trinajstić information content (AvgIpc) is 3.03. The maximum absolute atomic E-state index is 12.1. The summed E-state index contributed by atoms with van der Waals surface area (Å²) in [4.78, 5) is 23.0. The van der Waals surface area contributed by atoms with E-state index in [1.165, 1.54) is 0 Å². The SMILES string of the molecule is O=C(N[C@@H]1CC[C@H](C(=O)O)C1)C1CC2CCC1O2. The van der Waals surface area contributed by atoms with Crippen LogP contribution in [0.25, 0.3) is 0 Å². The van der Waals surface area contributed by atoms with Crippen molar-refractivity contribution in [3.63, 3.8) is 0 Å². The Kier molecular flexibility index (Phi) is 3.01. The van der Waals surface area contributed by atoms with Gasteiger partial charge in [0, 0.05) is 6.04 Å². The van der Waals surface area contributed by atoms with Gasteiger partial charge < -0.3 is 15.2 Å². The van der Waals surface area contributed by atoms with Gasteiger partial charge >= 0.3 is 5.97 Å². The van der Waals surface area contributed by atoms with Crippen molar-refractivity contribution in [2.24, 2.45) is 11.8 Å². The van der Waals surface area contributed by atoms with Crippen LogP contribution < -0.4 is 5.32 Å². The zero-order valence-corrected chi connectivity index (χ0v) is 10.3. The third-order valence-corrected chi connectivity index (χ3v) is 4.57. The molecule has 1 aliphatic carbocycles. The van der Waals surface area contributed by atoms with Crippen LogP contribution in [0.15, 0.2) is 0 Å². The second kappa shape index (κ2) is 4.53. The lowest BCUT2D eigenvalue weighted by molar-refractivity contribution is -0.141. The molecule has 0 aromatic heterocycles. The highest BCUT2D eigenvalue weighted by atomic mass is 16.5. The maximum Gasteiger partial charge on any atom is 0.306 e. The Morgan fingerprint density at radius 1 is 1.11 bits per heavy atom. The Morgan fingerprint density at radius 2 is 1.94 bits per heavy atom. The number of carbonyl (C=O) groups is 2. The summed E-state index contributed by atoms with van der Waals surface area (Å²) in [5.74, 6) is -0.965. The van der Waals surface area contributed by atoms with Crippen molar-refractivity contribution in [3.8, 4) is 0 Å². The van der Waals surface area contributed by atoms with E-state index in [9.17, 15) is 9.59 Å². The lowest BCUT2D eigenvalue weighted by Gasteiger charge is -2.20. The Hall–Kier alpha value is -1.10. The first-order valence-corrected chi connectivity index (χ1v) is 6.82. The van der Waals surface area contributed by atoms with Gasteiger partial charge in [0.15, 0.2) is 0 Å². The van der Waals surface area contributed by atoms with Gasteiger partial charge in [0.05, 0.1) is 24.0 Å². The molecule has 5 heteroatoms. The van der Waals surface area contributed by atoms with E-state index in [1.807, 2.05) is 0 Å². The van der Waals surface area contributed by atoms with Crippen LogP contribution in [0.3, 0.4) is 0 Å². The van der Waals surface area contributed by atoms with E-state index in [1.54, 1.807) is 0 Å². The highest BCUT2D eigenvalue weighted by Crippen LogP contribution is 2.39. The normalized spacial score (nSPS) is 42.1. The molecule has 2 heterocycles. The van der Waals surface area contributed by atoms with E-state index in [2.05, 4.69) is 5.32 Å². The van der Waals surface area contributed by atoms with Crippen LogP contribution in [0.1, 0.15) is 38.5 Å². The summed E-state index contributed by atoms with van der Waals surface area (Å²) in [6.45, 7) is 0. The summed E-state index contributed by atoms with van der Waals surface area (Å²) in [5, 5.41) is 11.9. The van der Waals surface area contributed by atoms with Crippen LogP contribution in [0.4, 0.5) is 0 Å². The molecule has 2 saturated heterocycles. The van der Waals surface area contributed by atoms with Gasteiger partial charge in [-0.05, 0) is 38.5 Å². The molecule has 2 N–H and O–H groups in total. The highest BCUT2D eigenvalue weighted by molar-refractivity contribution is 5.80. The molecule has 3 fully saturated rings. The predicted molar refractivity (Wildman–Crippen MR) is 62.9 cm³/mol. The zero-order valence-electron chi connectivity index (χ0n) is 10.3. The first-order chi connectivity index (χ1) is 8.63. The molecule has 3 rings (SSSR count). The number of amides is 1. The fourth-order valence-corrected chi connectivity index (χ4v) is 3.56. The van der Waals surface area contributed by atoms with E-state index in [4.69, 9.17) is 9.84 Å². The number of fused-ring (bicyclic) bond motifs is 2. The molecule has 3 aliphatic rings. The minimum absolute atomic E-state index is 0.00683. The van der Waals surface area contributed by atoms with Crippen molar-refractivity contribution in [2.75, 3.05) is 0 Å². The predicted octanol–water partition coefficient (Wildman–Crippen LogP) is 0.923. The Labute approximate surface area is 106 Å². The van der Waals surface area contributed by atoms with Crippen molar-refractivity contribution in [1.82, 2.24) is 5.32 Å². The third kappa shape index (κ3) is 2.11. The molecule has 3 unspecified atom stereocenters. The van der Waals surface area contributed by atoms with Crippen molar-refractivity contribution in [3.05, 3.63) is 0 Å². The fraction of sp³-hybridized carbons (Fsp3) is 0.846. The molecule has 1 amide bonds. The monoisotopic (exact) mass is 253 g/mol. The third-order valence-electron chi connectivity index (χ3n) is 4.57. The van der Waals surface area contributed by atoms with Crippen molar-refractivity contribution < 1.29 is 19.4 Å². The second-order valence-electron chi connectivity index (χ2n) is 5.77. The number of hydrogen-bond acceptors (Lipinski definition) is 3. The number of nitrogens with one attached hydrogen (secondary N) is 1. The summed E-state index contributed by atoms with van der Waals surface area (Å²) >= 11 is 0. The van der Waals surface area contributed by atoms with Gasteiger partial charge in [0.25, 0.3) is 0 Å². The van der Waals surface area contributed by atoms with Crippen LogP contribution in [-0.4, -0.2) is 35.2 Å². The molecule has 0 aromatic rings. The number of carboxylic acids is 1. The minimum atomic E-state index is -0.741. The van der Waals surface area contributed by atoms with Gasteiger partial charge in [-0.3, -0.25) is 9.59 Å². The fourth-order valence-electron chi connectivity index (χ4n) is 3.56. The number of ether oxygens (including phenoxy) is 1. The number of aliphatic carboxylic acids is 1. The lowest BCUT2D eigenvalue weighted by Crippen LogP contribution is -2.41. The van der Waals surface area contributed by atoms with Crippen molar-refractivity contribution in [2.45, 2.75) is 56.8 Å². The van der Waals surface area contributed by atoms with Crippen LogP contribution in [-0.2, 0) is 14.3 Å². The zero-order chi connectivity index (χ0) is 12.7. The molecule has 0 aromatic carbocycles. The molecule has 0 radical (unpaired) electrons. The average molecular weight is 253 g/mol. The molecule has 100 valence electrons. The first kappa shape index (κ1) is 12.0. The van der Waals surface area contributed by atoms with E-state index < -0.39 is 5.97 Å². The van der Waals surface area contributed by atoms with E-state index in [0.29, 0.717) is 12.8 Å². The summed E-state index contributed by atoms with van der Waals surface area (Å²) in [6, 6.07) is 0.0396. The molecule has 0 spiro atoms. The first-order valence-electron chi connectivity index (χ1n) is 6.82. The molecule has 5 nitrogen and oxygen atoms in total. The Morgan fingerprint density at radius 3 is 2.50 bits per heavy atom. The van der Waals surface area contributed by atoms with Crippen LogP contribution >= 0.6 is 0 Å². The van der Waals surface area contributed by atoms with Crippen LogP contribution in [0, 0.1) is 11.8 Å². The van der Waals surface area contributed by atoms with E-state index in [-0.39, 0.29) is 36.0 Å². The molecular weight excluding hydrogens is 234 g/mol. The van der Waals surface area contributed by atoms with Gasteiger partial charge in [-0.1, -0.05) is 0 Å². The molecular formula is C13H19NO4. The molecule has 1 saturated carbocycles. The topological polar surface area (TPSA) is 75.6 Å². The smallest absolute Gasteiger partial charge is 0.306 e. The Bertz CT molecular complexity index is 370. The van der Waals surface area contributed by atoms with Crippen molar-refractivity contribution in [1.29, 1.82) is 0 Å². The molecule has 2 aliphatic heterocycles. The second-order valence-corrected chi connectivity index (χ2v) is 5.77. The van der Waals surface area contributed by atoms with Crippen LogP contribution in [0.2, 0.25) is 0 Å². The molecule has 2 bridgehead atoms. The van der Waals surface area contributed by atoms with Crippen LogP contribution in [0.5, 0.6) is 0 Å². The summed E-state index contributed by atoms with van der Waals surface area (Å²) < 4.78 is 5.67. The highest BCUT2D eigenvalue weighted by Gasteiger charge is 2.45. The minimum Gasteiger partial charge on any atom is -0.481 e. The van der Waals surface area contributed by atoms with E-state index in [0.717, 1.165) is 25.7 Å². The molecule has 18 heavy (non-hydrogen) atoms. The Balaban J connectivity index is 1.51. The molecule has 5 atom stereocenters. The number of carbonyl (C=O) groups excluding carboxylic acids is 1. The number of carboxylic acid groups (broad SMARTS) is 1. The largest absolute Gasteiger partial charge is 0.481 e. The summed E-state index contributed by atoms with van der Waals surface area (Å²) in [6.07, 6.45) is 5.32. The summed E-state index contributed by atoms with van der Waals surface area (Å²) in [5.41, 5.74) is 0. The lowest BCUT2D eigenvalue weighted by atomic mass is 9.88. The maximum atomic E-state index is 12.1. The van der Waals surface area contributed by atoms with Gasteiger partial charge in [-0.25, -0.2) is 0 Å². The van der Waals surface area contributed by atoms with Gasteiger partial charge in [-0.15, -0.1) is 0 Å². The number of hydrogen-bond donors (Lipinski definition) is 2. The van der Waals surface area contributed by atoms with Gasteiger partial charge in [0.1, 0.15) is 0 Å². The van der Waals surface area contributed by atoms with Gasteiger partial charge in [-0.2, -0.15) is 0 Å². The quantitative estimate of drug-likeness (QED) is 0.784.